The lowest BCUT2D eigenvalue weighted by atomic mass is 9.56. The second-order valence-electron chi connectivity index (χ2n) is 7.37. The standard InChI is InChI=1S/C17H24BNSi/c1-17(2,3)19(20(4,5)6)18(15-11-7-8-12-15)16-13-9-10-14-16/h7-11,13H,1-6H3. The second kappa shape index (κ2) is 5.18. The highest BCUT2D eigenvalue weighted by molar-refractivity contribution is 6.74. The highest BCUT2D eigenvalue weighted by atomic mass is 28.3. The van der Waals surface area contributed by atoms with E-state index in [0.717, 1.165) is 0 Å². The van der Waals surface area contributed by atoms with E-state index in [1.54, 1.807) is 0 Å². The molecule has 20 heavy (non-hydrogen) atoms. The maximum absolute atomic E-state index is 3.41. The molecule has 0 fully saturated rings. The summed E-state index contributed by atoms with van der Waals surface area (Å²) in [6, 6.07) is 0. The summed E-state index contributed by atoms with van der Waals surface area (Å²) in [7, 11) is -1.50. The highest BCUT2D eigenvalue weighted by Crippen LogP contribution is 2.23. The first-order valence-corrected chi connectivity index (χ1v) is 10.7. The minimum Gasteiger partial charge on any atom is -0.566 e. The third-order valence-electron chi connectivity index (χ3n) is 3.54. The molecule has 0 aromatic rings. The van der Waals surface area contributed by atoms with Crippen LogP contribution in [-0.4, -0.2) is 24.4 Å². The minimum absolute atomic E-state index is 0.116. The Kier molecular flexibility index (Phi) is 3.89. The van der Waals surface area contributed by atoms with Crippen molar-refractivity contribution in [2.75, 3.05) is 0 Å². The predicted molar refractivity (Wildman–Crippen MR) is 90.6 cm³/mol. The predicted octanol–water partition coefficient (Wildman–Crippen LogP) is 4.27. The van der Waals surface area contributed by atoms with Crippen molar-refractivity contribution in [3.8, 4) is 0 Å². The molecule has 0 aromatic carbocycles. The molecule has 2 aliphatic rings. The average Bonchev–Trinajstić information content (AvgIpc) is 2.95. The summed E-state index contributed by atoms with van der Waals surface area (Å²) in [6.07, 6.45) is 12.5. The lowest BCUT2D eigenvalue weighted by Crippen LogP contribution is -2.53. The zero-order valence-corrected chi connectivity index (χ0v) is 14.5. The van der Waals surface area contributed by atoms with Gasteiger partial charge in [-0.3, -0.25) is 0 Å². The first-order valence-electron chi connectivity index (χ1n) is 7.27. The third kappa shape index (κ3) is 3.02. The van der Waals surface area contributed by atoms with E-state index in [2.05, 4.69) is 80.3 Å². The molecule has 0 aliphatic heterocycles. The zero-order valence-electron chi connectivity index (χ0n) is 13.5. The van der Waals surface area contributed by atoms with Crippen LogP contribution in [-0.2, 0) is 0 Å². The summed E-state index contributed by atoms with van der Waals surface area (Å²) < 4.78 is 2.69. The molecule has 2 rings (SSSR count). The van der Waals surface area contributed by atoms with Gasteiger partial charge in [0.05, 0.1) is 5.54 Å². The van der Waals surface area contributed by atoms with Crippen molar-refractivity contribution < 1.29 is 4.14 Å². The van der Waals surface area contributed by atoms with Gasteiger partial charge >= 0.3 is 0 Å². The maximum atomic E-state index is 3.41. The molecule has 0 amide bonds. The van der Waals surface area contributed by atoms with Crippen molar-refractivity contribution in [2.45, 2.75) is 46.0 Å². The van der Waals surface area contributed by atoms with Crippen LogP contribution in [0.25, 0.3) is 0 Å². The molecule has 2 aliphatic carbocycles. The monoisotopic (exact) mass is 281 g/mol. The van der Waals surface area contributed by atoms with Crippen molar-refractivity contribution in [1.29, 1.82) is 0 Å². The van der Waals surface area contributed by atoms with Gasteiger partial charge in [0.25, 0.3) is 8.24 Å². The molecule has 0 heterocycles. The van der Waals surface area contributed by atoms with Gasteiger partial charge in [0.2, 0.25) is 6.51 Å². The molecule has 0 unspecified atom stereocenters. The van der Waals surface area contributed by atoms with E-state index in [1.807, 2.05) is 12.2 Å². The SMILES string of the molecule is CC(C)(C)[N+](=[B-](C1=C=CC=C1)C1=C=CC=C1)[Si](C)(C)C. The van der Waals surface area contributed by atoms with Gasteiger partial charge in [0.1, 0.15) is 0 Å². The van der Waals surface area contributed by atoms with Gasteiger partial charge in [-0.15, -0.1) is 10.9 Å². The summed E-state index contributed by atoms with van der Waals surface area (Å²) in [5.41, 5.74) is 9.45. The number of rotatable bonds is 3. The van der Waals surface area contributed by atoms with Crippen LogP contribution in [0.1, 0.15) is 20.8 Å². The second-order valence-corrected chi connectivity index (χ2v) is 12.2. The summed E-state index contributed by atoms with van der Waals surface area (Å²) in [6.45, 7) is 14.4. The molecule has 0 bridgehead atoms. The fourth-order valence-electron chi connectivity index (χ4n) is 3.26. The van der Waals surface area contributed by atoms with E-state index in [0.29, 0.717) is 0 Å². The highest BCUT2D eigenvalue weighted by Gasteiger charge is 2.34. The summed E-state index contributed by atoms with van der Waals surface area (Å²) >= 11 is 0. The topological polar surface area (TPSA) is 3.01 Å². The van der Waals surface area contributed by atoms with Crippen LogP contribution in [0.2, 0.25) is 19.6 Å². The Morgan fingerprint density at radius 1 is 0.950 bits per heavy atom. The van der Waals surface area contributed by atoms with Crippen LogP contribution in [0, 0.1) is 0 Å². The number of hydrogen-bond acceptors (Lipinski definition) is 0. The first-order chi connectivity index (χ1) is 9.21. The van der Waals surface area contributed by atoms with Gasteiger partial charge in [-0.25, -0.2) is 0 Å². The molecule has 0 atom stereocenters. The fourth-order valence-corrected chi connectivity index (χ4v) is 6.32. The van der Waals surface area contributed by atoms with E-state index in [9.17, 15) is 0 Å². The number of hydrogen-bond donors (Lipinski definition) is 0. The Balaban J connectivity index is 2.79. The number of nitrogens with zero attached hydrogens (tertiary/aromatic N) is 1. The van der Waals surface area contributed by atoms with Crippen molar-refractivity contribution in [3.05, 3.63) is 58.9 Å². The molecule has 0 N–H and O–H groups in total. The molecule has 1 nitrogen and oxygen atoms in total. The van der Waals surface area contributed by atoms with Gasteiger partial charge in [0.15, 0.2) is 0 Å². The average molecular weight is 281 g/mol. The Labute approximate surface area is 124 Å². The lowest BCUT2D eigenvalue weighted by Gasteiger charge is -2.41. The molecule has 0 saturated heterocycles. The van der Waals surface area contributed by atoms with Crippen LogP contribution in [0.3, 0.4) is 0 Å². The van der Waals surface area contributed by atoms with Crippen LogP contribution >= 0.6 is 0 Å². The van der Waals surface area contributed by atoms with Crippen molar-refractivity contribution >= 4 is 14.7 Å². The zero-order chi connectivity index (χ0) is 15.0. The molecule has 104 valence electrons. The van der Waals surface area contributed by atoms with Gasteiger partial charge in [-0.05, 0) is 52.6 Å². The van der Waals surface area contributed by atoms with Crippen molar-refractivity contribution in [3.63, 3.8) is 0 Å². The van der Waals surface area contributed by atoms with Crippen molar-refractivity contribution in [2.24, 2.45) is 0 Å². The lowest BCUT2D eigenvalue weighted by molar-refractivity contribution is -0.472. The smallest absolute Gasteiger partial charge is 0.292 e. The molecular weight excluding hydrogens is 257 g/mol. The molecule has 0 spiro atoms. The number of allylic oxidation sites excluding steroid dienone is 6. The van der Waals surface area contributed by atoms with E-state index in [-0.39, 0.29) is 12.0 Å². The van der Waals surface area contributed by atoms with Crippen LogP contribution in [0.15, 0.2) is 58.9 Å². The molecule has 0 radical (unpaired) electrons. The first kappa shape index (κ1) is 15.0. The third-order valence-corrected chi connectivity index (χ3v) is 5.91. The van der Waals surface area contributed by atoms with E-state index < -0.39 is 8.24 Å². The fraction of sp³-hybridized carbons (Fsp3) is 0.412. The van der Waals surface area contributed by atoms with Crippen molar-refractivity contribution in [1.82, 2.24) is 0 Å². The summed E-state index contributed by atoms with van der Waals surface area (Å²) in [5.74, 6) is 0. The van der Waals surface area contributed by atoms with Crippen LogP contribution in [0.4, 0.5) is 0 Å². The molecule has 0 aromatic heterocycles. The van der Waals surface area contributed by atoms with E-state index in [4.69, 9.17) is 0 Å². The van der Waals surface area contributed by atoms with Crippen LogP contribution < -0.4 is 0 Å². The molecule has 0 saturated carbocycles. The Bertz CT molecular complexity index is 592. The van der Waals surface area contributed by atoms with Gasteiger partial charge in [-0.1, -0.05) is 24.3 Å². The molecule has 3 heteroatoms. The maximum Gasteiger partial charge on any atom is 0.292 e. The Morgan fingerprint density at radius 2 is 1.40 bits per heavy atom. The quantitative estimate of drug-likeness (QED) is 0.537. The largest absolute Gasteiger partial charge is 0.566 e. The van der Waals surface area contributed by atoms with E-state index in [1.165, 1.54) is 10.9 Å². The minimum atomic E-state index is -1.50. The Hall–Kier alpha value is -1.40. The van der Waals surface area contributed by atoms with Gasteiger partial charge in [-0.2, -0.15) is 11.5 Å². The Morgan fingerprint density at radius 3 is 1.65 bits per heavy atom. The summed E-state index contributed by atoms with van der Waals surface area (Å²) in [4.78, 5) is 0. The van der Waals surface area contributed by atoms with Gasteiger partial charge in [0, 0.05) is 0 Å². The summed E-state index contributed by atoms with van der Waals surface area (Å²) in [5, 5.41) is 0. The van der Waals surface area contributed by atoms with E-state index >= 15 is 0 Å². The normalized spacial score (nSPS) is 16.7. The van der Waals surface area contributed by atoms with Crippen LogP contribution in [0.5, 0.6) is 0 Å². The molecular formula is C17H24BNSi. The van der Waals surface area contributed by atoms with Gasteiger partial charge < -0.3 is 4.14 Å².